The Hall–Kier alpha value is -2.57. The van der Waals surface area contributed by atoms with Gasteiger partial charge in [0, 0.05) is 10.2 Å². The van der Waals surface area contributed by atoms with E-state index >= 15 is 0 Å². The average Bonchev–Trinajstić information content (AvgIpc) is 2.75. The summed E-state index contributed by atoms with van der Waals surface area (Å²) >= 11 is 4.94. The summed E-state index contributed by atoms with van der Waals surface area (Å²) in [7, 11) is 0. The predicted octanol–water partition coefficient (Wildman–Crippen LogP) is 5.94. The fraction of sp³-hybridized carbons (Fsp3) is 0.167. The number of benzene rings is 3. The maximum absolute atomic E-state index is 13.3. The van der Waals surface area contributed by atoms with Crippen molar-refractivity contribution in [1.82, 2.24) is 9.55 Å². The number of thioether (sulfide) groups is 1. The fourth-order valence-corrected chi connectivity index (χ4v) is 4.22. The zero-order chi connectivity index (χ0) is 21.1. The second-order valence-electron chi connectivity index (χ2n) is 6.97. The van der Waals surface area contributed by atoms with E-state index in [2.05, 4.69) is 29.8 Å². The van der Waals surface area contributed by atoms with Crippen molar-refractivity contribution in [3.05, 3.63) is 92.7 Å². The Kier molecular flexibility index (Phi) is 6.25. The van der Waals surface area contributed by atoms with Crippen molar-refractivity contribution in [2.24, 2.45) is 0 Å². The highest BCUT2D eigenvalue weighted by atomic mass is 79.9. The van der Waals surface area contributed by atoms with Crippen molar-refractivity contribution in [2.75, 3.05) is 12.4 Å². The zero-order valence-corrected chi connectivity index (χ0v) is 19.2. The third-order valence-corrected chi connectivity index (χ3v) is 6.32. The quantitative estimate of drug-likeness (QED) is 0.194. The van der Waals surface area contributed by atoms with Crippen LogP contribution in [0.25, 0.3) is 16.6 Å². The van der Waals surface area contributed by atoms with Gasteiger partial charge < -0.3 is 4.74 Å². The molecule has 0 aliphatic heterocycles. The Morgan fingerprint density at radius 3 is 2.53 bits per heavy atom. The third-order valence-electron chi connectivity index (χ3n) is 4.89. The van der Waals surface area contributed by atoms with Crippen LogP contribution in [-0.2, 0) is 0 Å². The molecule has 4 aromatic rings. The molecule has 4 nitrogen and oxygen atoms in total. The number of hydrogen-bond acceptors (Lipinski definition) is 4. The van der Waals surface area contributed by atoms with Gasteiger partial charge >= 0.3 is 0 Å². The lowest BCUT2D eigenvalue weighted by Gasteiger charge is -2.14. The van der Waals surface area contributed by atoms with Crippen LogP contribution in [0.15, 0.2) is 81.2 Å². The molecule has 152 valence electrons. The SMILES string of the molecule is Cc1ccc(-n2c(SCCOc3ccc(Br)cc3)nc3ccccc3c2=O)cc1C. The van der Waals surface area contributed by atoms with Gasteiger partial charge in [0.1, 0.15) is 5.75 Å². The van der Waals surface area contributed by atoms with Crippen LogP contribution in [0.1, 0.15) is 11.1 Å². The van der Waals surface area contributed by atoms with E-state index in [1.807, 2.05) is 66.7 Å². The first-order valence-corrected chi connectivity index (χ1v) is 11.4. The minimum absolute atomic E-state index is 0.0554. The molecule has 4 rings (SSSR count). The van der Waals surface area contributed by atoms with E-state index in [-0.39, 0.29) is 5.56 Å². The molecule has 0 fully saturated rings. The molecule has 0 N–H and O–H groups in total. The molecule has 0 aliphatic carbocycles. The molecular formula is C24H21BrN2O2S. The predicted molar refractivity (Wildman–Crippen MR) is 127 cm³/mol. The van der Waals surface area contributed by atoms with Gasteiger partial charge in [-0.3, -0.25) is 9.36 Å². The molecular weight excluding hydrogens is 460 g/mol. The monoisotopic (exact) mass is 480 g/mol. The van der Waals surface area contributed by atoms with Crippen LogP contribution in [0, 0.1) is 13.8 Å². The number of aryl methyl sites for hydroxylation is 2. The molecule has 0 spiro atoms. The number of ether oxygens (including phenoxy) is 1. The summed E-state index contributed by atoms with van der Waals surface area (Å²) in [6.07, 6.45) is 0. The van der Waals surface area contributed by atoms with E-state index in [0.717, 1.165) is 21.5 Å². The van der Waals surface area contributed by atoms with Gasteiger partial charge in [0.15, 0.2) is 5.16 Å². The summed E-state index contributed by atoms with van der Waals surface area (Å²) in [4.78, 5) is 18.1. The van der Waals surface area contributed by atoms with Crippen LogP contribution >= 0.6 is 27.7 Å². The number of aromatic nitrogens is 2. The summed E-state index contributed by atoms with van der Waals surface area (Å²) in [5, 5.41) is 1.28. The Labute approximate surface area is 188 Å². The Morgan fingerprint density at radius 1 is 1.00 bits per heavy atom. The van der Waals surface area contributed by atoms with Crippen LogP contribution in [-0.4, -0.2) is 21.9 Å². The van der Waals surface area contributed by atoms with Gasteiger partial charge in [0.25, 0.3) is 5.56 Å². The Balaban J connectivity index is 1.64. The lowest BCUT2D eigenvalue weighted by Crippen LogP contribution is -2.22. The number of fused-ring (bicyclic) bond motifs is 1. The molecule has 0 aliphatic rings. The highest BCUT2D eigenvalue weighted by Crippen LogP contribution is 2.23. The lowest BCUT2D eigenvalue weighted by molar-refractivity contribution is 0.344. The van der Waals surface area contributed by atoms with Crippen molar-refractivity contribution in [1.29, 1.82) is 0 Å². The van der Waals surface area contributed by atoms with E-state index in [0.29, 0.717) is 28.4 Å². The normalized spacial score (nSPS) is 11.0. The lowest BCUT2D eigenvalue weighted by atomic mass is 10.1. The van der Waals surface area contributed by atoms with E-state index in [4.69, 9.17) is 9.72 Å². The van der Waals surface area contributed by atoms with Crippen molar-refractivity contribution >= 4 is 38.6 Å². The van der Waals surface area contributed by atoms with E-state index in [9.17, 15) is 4.79 Å². The Bertz CT molecular complexity index is 1250. The first kappa shape index (κ1) is 20.7. The molecule has 0 bridgehead atoms. The average molecular weight is 481 g/mol. The van der Waals surface area contributed by atoms with Gasteiger partial charge in [-0.05, 0) is 73.5 Å². The van der Waals surface area contributed by atoms with Crippen LogP contribution in [0.5, 0.6) is 5.75 Å². The van der Waals surface area contributed by atoms with E-state index < -0.39 is 0 Å². The largest absolute Gasteiger partial charge is 0.493 e. The Morgan fingerprint density at radius 2 is 1.77 bits per heavy atom. The number of nitrogens with zero attached hydrogens (tertiary/aromatic N) is 2. The summed E-state index contributed by atoms with van der Waals surface area (Å²) in [5.41, 5.74) is 3.82. The highest BCUT2D eigenvalue weighted by molar-refractivity contribution is 9.10. The fourth-order valence-electron chi connectivity index (χ4n) is 3.12. The van der Waals surface area contributed by atoms with Crippen LogP contribution in [0.4, 0.5) is 0 Å². The van der Waals surface area contributed by atoms with Crippen molar-refractivity contribution in [2.45, 2.75) is 19.0 Å². The number of hydrogen-bond donors (Lipinski definition) is 0. The minimum Gasteiger partial charge on any atom is -0.493 e. The van der Waals surface area contributed by atoms with Crippen molar-refractivity contribution in [3.63, 3.8) is 0 Å². The number of rotatable bonds is 6. The van der Waals surface area contributed by atoms with Crippen LogP contribution < -0.4 is 10.3 Å². The summed E-state index contributed by atoms with van der Waals surface area (Å²) in [6, 6.07) is 21.3. The molecule has 1 aromatic heterocycles. The topological polar surface area (TPSA) is 44.1 Å². The second kappa shape index (κ2) is 9.06. The van der Waals surface area contributed by atoms with Crippen LogP contribution in [0.2, 0.25) is 0 Å². The van der Waals surface area contributed by atoms with E-state index in [1.165, 1.54) is 17.3 Å². The number of halogens is 1. The molecule has 0 saturated carbocycles. The smallest absolute Gasteiger partial charge is 0.266 e. The molecule has 0 saturated heterocycles. The van der Waals surface area contributed by atoms with Gasteiger partial charge in [-0.2, -0.15) is 0 Å². The maximum Gasteiger partial charge on any atom is 0.266 e. The van der Waals surface area contributed by atoms with Gasteiger partial charge in [-0.15, -0.1) is 0 Å². The van der Waals surface area contributed by atoms with Crippen molar-refractivity contribution < 1.29 is 4.74 Å². The summed E-state index contributed by atoms with van der Waals surface area (Å²) in [5.74, 6) is 1.49. The molecule has 0 atom stereocenters. The minimum atomic E-state index is -0.0554. The van der Waals surface area contributed by atoms with E-state index in [1.54, 1.807) is 4.57 Å². The molecule has 0 radical (unpaired) electrons. The standard InChI is InChI=1S/C24H21BrN2O2S/c1-16-7-10-19(15-17(16)2)27-23(28)21-5-3-4-6-22(21)26-24(27)30-14-13-29-20-11-8-18(25)9-12-20/h3-12,15H,13-14H2,1-2H3. The molecule has 0 amide bonds. The highest BCUT2D eigenvalue weighted by Gasteiger charge is 2.14. The van der Waals surface area contributed by atoms with Gasteiger partial charge in [0.2, 0.25) is 0 Å². The molecule has 1 heterocycles. The van der Waals surface area contributed by atoms with Crippen LogP contribution in [0.3, 0.4) is 0 Å². The van der Waals surface area contributed by atoms with Crippen molar-refractivity contribution in [3.8, 4) is 11.4 Å². The van der Waals surface area contributed by atoms with Gasteiger partial charge in [-0.25, -0.2) is 4.98 Å². The molecule has 0 unspecified atom stereocenters. The second-order valence-corrected chi connectivity index (χ2v) is 8.95. The van der Waals surface area contributed by atoms with Gasteiger partial charge in [0.05, 0.1) is 23.2 Å². The zero-order valence-electron chi connectivity index (χ0n) is 16.8. The first-order valence-electron chi connectivity index (χ1n) is 9.63. The molecule has 6 heteroatoms. The van der Waals surface area contributed by atoms with Gasteiger partial charge in [-0.1, -0.05) is 45.9 Å². The number of para-hydroxylation sites is 1. The summed E-state index contributed by atoms with van der Waals surface area (Å²) in [6.45, 7) is 4.63. The maximum atomic E-state index is 13.3. The first-order chi connectivity index (χ1) is 14.5. The summed E-state index contributed by atoms with van der Waals surface area (Å²) < 4.78 is 8.55. The molecule has 3 aromatic carbocycles. The molecule has 30 heavy (non-hydrogen) atoms. The third kappa shape index (κ3) is 4.45.